The largest absolute Gasteiger partial charge is 0.311 e. The van der Waals surface area contributed by atoms with Crippen LogP contribution in [0.15, 0.2) is 0 Å². The molecule has 1 N–H and O–H groups in total. The molecule has 2 aliphatic rings. The van der Waals surface area contributed by atoms with E-state index < -0.39 is 0 Å². The van der Waals surface area contributed by atoms with Crippen LogP contribution in [0.1, 0.15) is 19.8 Å². The third-order valence-electron chi connectivity index (χ3n) is 2.67. The van der Waals surface area contributed by atoms with Gasteiger partial charge in [0, 0.05) is 12.1 Å². The Morgan fingerprint density at radius 2 is 2.43 bits per heavy atom. The fourth-order valence-electron chi connectivity index (χ4n) is 1.57. The molecule has 1 aliphatic heterocycles. The minimum absolute atomic E-state index is 0.611. The van der Waals surface area contributed by atoms with E-state index in [1.807, 2.05) is 0 Å². The summed E-state index contributed by atoms with van der Waals surface area (Å²) in [5.41, 5.74) is 0.611. The van der Waals surface area contributed by atoms with Gasteiger partial charge >= 0.3 is 0 Å². The molecule has 0 radical (unpaired) electrons. The Kier molecular flexibility index (Phi) is 0.487. The van der Waals surface area contributed by atoms with Crippen molar-refractivity contribution in [2.45, 2.75) is 25.3 Å². The van der Waals surface area contributed by atoms with Gasteiger partial charge in [0.15, 0.2) is 0 Å². The van der Waals surface area contributed by atoms with Crippen LogP contribution in [0, 0.1) is 5.92 Å². The normalized spacial score (nSPS) is 57.0. The third-order valence-corrected chi connectivity index (χ3v) is 2.67. The predicted molar refractivity (Wildman–Crippen MR) is 29.1 cm³/mol. The lowest BCUT2D eigenvalue weighted by Crippen LogP contribution is -2.69. The number of hydrogen-bond acceptors (Lipinski definition) is 1. The van der Waals surface area contributed by atoms with E-state index in [1.54, 1.807) is 0 Å². The molecule has 1 saturated heterocycles. The maximum absolute atomic E-state index is 3.42. The highest BCUT2D eigenvalue weighted by Crippen LogP contribution is 2.43. The standard InChI is InChI=1S/C6H11N/c1-6-3-2-5(6)4-7-6/h5,7H,2-4H2,1H3. The zero-order chi connectivity index (χ0) is 4.91. The van der Waals surface area contributed by atoms with Crippen molar-refractivity contribution in [1.29, 1.82) is 0 Å². The second-order valence-corrected chi connectivity index (χ2v) is 3.03. The highest BCUT2D eigenvalue weighted by molar-refractivity contribution is 5.08. The van der Waals surface area contributed by atoms with Gasteiger partial charge in [0.2, 0.25) is 0 Å². The Labute approximate surface area is 44.1 Å². The smallest absolute Gasteiger partial charge is 0.0193 e. The number of hydrogen-bond donors (Lipinski definition) is 1. The molecule has 0 aromatic carbocycles. The van der Waals surface area contributed by atoms with Gasteiger partial charge in [0.1, 0.15) is 0 Å². The maximum Gasteiger partial charge on any atom is 0.0193 e. The molecule has 0 aromatic rings. The highest BCUT2D eigenvalue weighted by atomic mass is 15.1. The fourth-order valence-corrected chi connectivity index (χ4v) is 1.57. The van der Waals surface area contributed by atoms with Gasteiger partial charge in [-0.25, -0.2) is 0 Å². The first kappa shape index (κ1) is 3.90. The van der Waals surface area contributed by atoms with E-state index in [2.05, 4.69) is 12.2 Å². The van der Waals surface area contributed by atoms with E-state index in [0.717, 1.165) is 5.92 Å². The van der Waals surface area contributed by atoms with Gasteiger partial charge in [0.05, 0.1) is 0 Å². The average molecular weight is 97.2 g/mol. The molecule has 0 aromatic heterocycles. The minimum Gasteiger partial charge on any atom is -0.311 e. The Balaban J connectivity index is 2.12. The quantitative estimate of drug-likeness (QED) is 0.470. The van der Waals surface area contributed by atoms with Gasteiger partial charge in [-0.3, -0.25) is 0 Å². The second-order valence-electron chi connectivity index (χ2n) is 3.03. The van der Waals surface area contributed by atoms with Gasteiger partial charge in [0.25, 0.3) is 0 Å². The van der Waals surface area contributed by atoms with Crippen molar-refractivity contribution in [2.24, 2.45) is 5.92 Å². The van der Waals surface area contributed by atoms with Crippen molar-refractivity contribution in [2.75, 3.05) is 6.54 Å². The van der Waals surface area contributed by atoms with Crippen molar-refractivity contribution < 1.29 is 0 Å². The van der Waals surface area contributed by atoms with Gasteiger partial charge in [-0.1, -0.05) is 0 Å². The van der Waals surface area contributed by atoms with Crippen LogP contribution in [0.25, 0.3) is 0 Å². The van der Waals surface area contributed by atoms with Crippen molar-refractivity contribution in [1.82, 2.24) is 5.32 Å². The molecule has 2 atom stereocenters. The first-order chi connectivity index (χ1) is 3.31. The summed E-state index contributed by atoms with van der Waals surface area (Å²) in [6.45, 7) is 3.61. The van der Waals surface area contributed by atoms with Gasteiger partial charge in [-0.05, 0) is 25.7 Å². The highest BCUT2D eigenvalue weighted by Gasteiger charge is 2.49. The lowest BCUT2D eigenvalue weighted by Gasteiger charge is -2.57. The molecule has 1 heteroatoms. The van der Waals surface area contributed by atoms with Gasteiger partial charge in [-0.15, -0.1) is 0 Å². The molecule has 1 heterocycles. The number of piperidine rings is 1. The van der Waals surface area contributed by atoms with E-state index in [4.69, 9.17) is 0 Å². The molecule has 40 valence electrons. The Bertz CT molecular complexity index is 90.4. The molecule has 0 amide bonds. The summed E-state index contributed by atoms with van der Waals surface area (Å²) in [5, 5.41) is 3.42. The van der Waals surface area contributed by atoms with Crippen molar-refractivity contribution in [3.63, 3.8) is 0 Å². The summed E-state index contributed by atoms with van der Waals surface area (Å²) >= 11 is 0. The molecule has 2 fully saturated rings. The van der Waals surface area contributed by atoms with Crippen molar-refractivity contribution in [3.8, 4) is 0 Å². The molecule has 1 saturated carbocycles. The summed E-state index contributed by atoms with van der Waals surface area (Å²) in [6.07, 6.45) is 2.89. The van der Waals surface area contributed by atoms with Crippen LogP contribution in [-0.4, -0.2) is 12.1 Å². The van der Waals surface area contributed by atoms with E-state index in [0.29, 0.717) is 5.54 Å². The SMILES string of the molecule is CC12CCC1CN2. The number of fused-ring (bicyclic) bond motifs is 1. The molecule has 1 nitrogen and oxygen atoms in total. The van der Waals surface area contributed by atoms with Crippen LogP contribution < -0.4 is 5.32 Å². The van der Waals surface area contributed by atoms with Crippen LogP contribution >= 0.6 is 0 Å². The molecule has 0 spiro atoms. The first-order valence-electron chi connectivity index (χ1n) is 3.06. The Hall–Kier alpha value is -0.0400. The lowest BCUT2D eigenvalue weighted by atomic mass is 9.62. The monoisotopic (exact) mass is 97.1 g/mol. The Morgan fingerprint density at radius 1 is 1.71 bits per heavy atom. The van der Waals surface area contributed by atoms with Crippen LogP contribution in [0.4, 0.5) is 0 Å². The topological polar surface area (TPSA) is 12.0 Å². The summed E-state index contributed by atoms with van der Waals surface area (Å²) in [6, 6.07) is 0. The van der Waals surface area contributed by atoms with Crippen LogP contribution in [-0.2, 0) is 0 Å². The van der Waals surface area contributed by atoms with Crippen LogP contribution in [0.2, 0.25) is 0 Å². The molecular weight excluding hydrogens is 86.1 g/mol. The van der Waals surface area contributed by atoms with Gasteiger partial charge in [-0.2, -0.15) is 0 Å². The van der Waals surface area contributed by atoms with E-state index in [-0.39, 0.29) is 0 Å². The second kappa shape index (κ2) is 0.873. The molecule has 7 heavy (non-hydrogen) atoms. The molecular formula is C6H11N. The van der Waals surface area contributed by atoms with Crippen LogP contribution in [0.3, 0.4) is 0 Å². The van der Waals surface area contributed by atoms with Crippen LogP contribution in [0.5, 0.6) is 0 Å². The van der Waals surface area contributed by atoms with Gasteiger partial charge < -0.3 is 5.32 Å². The average Bonchev–Trinajstić information content (AvgIpc) is 1.67. The van der Waals surface area contributed by atoms with E-state index in [1.165, 1.54) is 19.4 Å². The van der Waals surface area contributed by atoms with E-state index in [9.17, 15) is 0 Å². The molecule has 0 bridgehead atoms. The number of nitrogens with one attached hydrogen (secondary N) is 1. The van der Waals surface area contributed by atoms with Crippen molar-refractivity contribution >= 4 is 0 Å². The summed E-state index contributed by atoms with van der Waals surface area (Å²) in [4.78, 5) is 0. The summed E-state index contributed by atoms with van der Waals surface area (Å²) < 4.78 is 0. The predicted octanol–water partition coefficient (Wildman–Crippen LogP) is 0.758. The fraction of sp³-hybridized carbons (Fsp3) is 1.00. The third kappa shape index (κ3) is 0.290. The lowest BCUT2D eigenvalue weighted by molar-refractivity contribution is 0.0103. The zero-order valence-corrected chi connectivity index (χ0v) is 4.70. The minimum atomic E-state index is 0.611. The summed E-state index contributed by atoms with van der Waals surface area (Å²) in [7, 11) is 0. The maximum atomic E-state index is 3.42. The Morgan fingerprint density at radius 3 is 2.43 bits per heavy atom. The van der Waals surface area contributed by atoms with Crippen molar-refractivity contribution in [3.05, 3.63) is 0 Å². The summed E-state index contributed by atoms with van der Waals surface area (Å²) in [5.74, 6) is 1.05. The zero-order valence-electron chi connectivity index (χ0n) is 4.70. The van der Waals surface area contributed by atoms with E-state index >= 15 is 0 Å². The molecule has 2 rings (SSSR count). The number of rotatable bonds is 0. The molecule has 2 unspecified atom stereocenters. The molecule has 1 aliphatic carbocycles. The first-order valence-corrected chi connectivity index (χ1v) is 3.06.